The average molecular weight is 417 g/mol. The van der Waals surface area contributed by atoms with E-state index in [2.05, 4.69) is 22.9 Å². The Morgan fingerprint density at radius 1 is 1.04 bits per heavy atom. The number of Topliss-reactive ketones (excluding diaryl/α,β-unsaturated/α-hetero) is 1. The Hall–Kier alpha value is 0.01000. The Labute approximate surface area is 158 Å². The van der Waals surface area contributed by atoms with Crippen LogP contribution in [0.1, 0.15) is 64.7 Å². The van der Waals surface area contributed by atoms with Crippen molar-refractivity contribution in [2.24, 2.45) is 46.8 Å². The van der Waals surface area contributed by atoms with Crippen molar-refractivity contribution in [2.45, 2.75) is 71.1 Å². The fraction of sp³-hybridized carbons (Fsp3) is 0.952. The molecule has 4 aliphatic carbocycles. The highest BCUT2D eigenvalue weighted by atomic mass is 79.9. The predicted octanol–water partition coefficient (Wildman–Crippen LogP) is 6.10. The first-order chi connectivity index (χ1) is 12.0. The van der Waals surface area contributed by atoms with Gasteiger partial charge in [-0.3, -0.25) is 4.79 Å². The Balaban J connectivity index is 1.50. The number of carbonyl (C=O) groups is 1. The van der Waals surface area contributed by atoms with Gasteiger partial charge in [0.2, 0.25) is 6.43 Å². The number of alkyl halides is 3. The number of hydrogen-bond donors (Lipinski definition) is 0. The second-order valence-corrected chi connectivity index (χ2v) is 10.2. The first-order valence-electron chi connectivity index (χ1n) is 10.3. The molecule has 1 nitrogen and oxygen atoms in total. The standard InChI is InChI=1S/C21H31BrF2O/c1-21-9-8-15-14-4-3-13(20(23)24)10-12(14)2-5-16(15)17(21)6-7-18(21)19(25)11-22/h12-18,20H,2-11H2,1H3/t12-,13?,14+,15-,16-,17+,18-,21+/m1/s1. The Kier molecular flexibility index (Phi) is 5.05. The molecule has 0 heterocycles. The molecule has 4 rings (SSSR count). The summed E-state index contributed by atoms with van der Waals surface area (Å²) in [5, 5.41) is 0.494. The molecule has 0 aromatic heterocycles. The third kappa shape index (κ3) is 2.93. The molecule has 8 atom stereocenters. The number of carbonyl (C=O) groups excluding carboxylic acids is 1. The zero-order valence-electron chi connectivity index (χ0n) is 15.2. The summed E-state index contributed by atoms with van der Waals surface area (Å²) in [4.78, 5) is 12.4. The summed E-state index contributed by atoms with van der Waals surface area (Å²) >= 11 is 3.39. The summed E-state index contributed by atoms with van der Waals surface area (Å²) in [6, 6.07) is 0. The van der Waals surface area contributed by atoms with E-state index in [9.17, 15) is 13.6 Å². The van der Waals surface area contributed by atoms with Gasteiger partial charge in [-0.15, -0.1) is 0 Å². The normalized spacial score (nSPS) is 49.4. The minimum Gasteiger partial charge on any atom is -0.298 e. The van der Waals surface area contributed by atoms with Crippen LogP contribution in [0.3, 0.4) is 0 Å². The molecule has 0 bridgehead atoms. The van der Waals surface area contributed by atoms with Crippen molar-refractivity contribution in [3.63, 3.8) is 0 Å². The van der Waals surface area contributed by atoms with Crippen LogP contribution in [0.2, 0.25) is 0 Å². The lowest BCUT2D eigenvalue weighted by Crippen LogP contribution is -2.49. The van der Waals surface area contributed by atoms with Gasteiger partial charge in [-0.1, -0.05) is 22.9 Å². The fourth-order valence-corrected chi connectivity index (χ4v) is 8.13. The first-order valence-corrected chi connectivity index (χ1v) is 11.4. The van der Waals surface area contributed by atoms with Gasteiger partial charge in [0, 0.05) is 11.8 Å². The highest BCUT2D eigenvalue weighted by Gasteiger charge is 2.58. The minimum atomic E-state index is -2.13. The molecule has 0 spiro atoms. The molecule has 25 heavy (non-hydrogen) atoms. The topological polar surface area (TPSA) is 17.1 Å². The van der Waals surface area contributed by atoms with Crippen LogP contribution < -0.4 is 0 Å². The quantitative estimate of drug-likeness (QED) is 0.507. The van der Waals surface area contributed by atoms with Crippen LogP contribution in [0.5, 0.6) is 0 Å². The molecule has 0 radical (unpaired) electrons. The lowest BCUT2D eigenvalue weighted by molar-refractivity contribution is -0.128. The van der Waals surface area contributed by atoms with Crippen molar-refractivity contribution in [1.29, 1.82) is 0 Å². The minimum absolute atomic E-state index is 0.193. The number of fused-ring (bicyclic) bond motifs is 5. The molecule has 142 valence electrons. The summed E-state index contributed by atoms with van der Waals surface area (Å²) < 4.78 is 26.3. The van der Waals surface area contributed by atoms with Gasteiger partial charge in [0.15, 0.2) is 0 Å². The predicted molar refractivity (Wildman–Crippen MR) is 98.9 cm³/mol. The SMILES string of the molecule is C[C@]12CC[C@H]3[C@@H](CC[C@@H]4CC(C(F)F)CC[C@@H]43)[C@@H]1CC[C@@H]2C(=O)CBr. The zero-order chi connectivity index (χ0) is 17.8. The zero-order valence-corrected chi connectivity index (χ0v) is 16.8. The molecule has 0 aromatic rings. The van der Waals surface area contributed by atoms with Gasteiger partial charge < -0.3 is 0 Å². The van der Waals surface area contributed by atoms with Crippen molar-refractivity contribution in [2.75, 3.05) is 5.33 Å². The second-order valence-electron chi connectivity index (χ2n) is 9.62. The Morgan fingerprint density at radius 2 is 1.80 bits per heavy atom. The lowest BCUT2D eigenvalue weighted by Gasteiger charge is -2.56. The van der Waals surface area contributed by atoms with Gasteiger partial charge in [-0.05, 0) is 92.8 Å². The maximum Gasteiger partial charge on any atom is 0.241 e. The summed E-state index contributed by atoms with van der Waals surface area (Å²) in [6.07, 6.45) is 7.43. The van der Waals surface area contributed by atoms with Gasteiger partial charge in [-0.2, -0.15) is 0 Å². The van der Waals surface area contributed by atoms with Crippen LogP contribution >= 0.6 is 15.9 Å². The van der Waals surface area contributed by atoms with E-state index < -0.39 is 6.43 Å². The number of halogens is 3. The molecule has 0 aliphatic heterocycles. The third-order valence-corrected chi connectivity index (χ3v) is 9.42. The van der Waals surface area contributed by atoms with E-state index in [0.717, 1.165) is 43.9 Å². The monoisotopic (exact) mass is 416 g/mol. The molecule has 0 N–H and O–H groups in total. The van der Waals surface area contributed by atoms with E-state index in [1.807, 2.05) is 0 Å². The largest absolute Gasteiger partial charge is 0.298 e. The van der Waals surface area contributed by atoms with E-state index >= 15 is 0 Å². The lowest BCUT2D eigenvalue weighted by atomic mass is 9.49. The van der Waals surface area contributed by atoms with Crippen molar-refractivity contribution < 1.29 is 13.6 Å². The summed E-state index contributed by atoms with van der Waals surface area (Å²) in [7, 11) is 0. The maximum atomic E-state index is 13.2. The van der Waals surface area contributed by atoms with Crippen LogP contribution in [0.15, 0.2) is 0 Å². The van der Waals surface area contributed by atoms with Gasteiger partial charge in [-0.25, -0.2) is 8.78 Å². The first kappa shape index (κ1) is 18.4. The number of hydrogen-bond acceptors (Lipinski definition) is 1. The van der Waals surface area contributed by atoms with Crippen LogP contribution in [0.25, 0.3) is 0 Å². The Morgan fingerprint density at radius 3 is 2.52 bits per heavy atom. The molecular weight excluding hydrogens is 386 g/mol. The van der Waals surface area contributed by atoms with Crippen molar-refractivity contribution in [3.05, 3.63) is 0 Å². The van der Waals surface area contributed by atoms with Crippen LogP contribution in [0, 0.1) is 46.8 Å². The van der Waals surface area contributed by atoms with Crippen molar-refractivity contribution in [3.8, 4) is 0 Å². The van der Waals surface area contributed by atoms with Gasteiger partial charge >= 0.3 is 0 Å². The molecular formula is C21H31BrF2O. The molecule has 4 heteroatoms. The van der Waals surface area contributed by atoms with E-state index in [1.54, 1.807) is 0 Å². The highest BCUT2D eigenvalue weighted by Crippen LogP contribution is 2.64. The van der Waals surface area contributed by atoms with E-state index in [0.29, 0.717) is 28.9 Å². The van der Waals surface area contributed by atoms with E-state index in [1.165, 1.54) is 25.7 Å². The second kappa shape index (κ2) is 6.87. The molecule has 0 aromatic carbocycles. The third-order valence-electron chi connectivity index (χ3n) is 8.87. The van der Waals surface area contributed by atoms with Crippen LogP contribution in [-0.4, -0.2) is 17.5 Å². The number of rotatable bonds is 3. The highest BCUT2D eigenvalue weighted by molar-refractivity contribution is 9.09. The van der Waals surface area contributed by atoms with E-state index in [-0.39, 0.29) is 17.3 Å². The summed E-state index contributed by atoms with van der Waals surface area (Å²) in [5.74, 6) is 3.69. The molecule has 4 fully saturated rings. The average Bonchev–Trinajstić information content (AvgIpc) is 2.97. The van der Waals surface area contributed by atoms with Gasteiger partial charge in [0.1, 0.15) is 5.78 Å². The van der Waals surface area contributed by atoms with E-state index in [4.69, 9.17) is 0 Å². The molecule has 0 saturated heterocycles. The molecule has 4 saturated carbocycles. The smallest absolute Gasteiger partial charge is 0.241 e. The molecule has 0 amide bonds. The molecule has 1 unspecified atom stereocenters. The molecule has 4 aliphatic rings. The summed E-state index contributed by atoms with van der Waals surface area (Å²) in [5.41, 5.74) is 0.193. The van der Waals surface area contributed by atoms with Crippen molar-refractivity contribution >= 4 is 21.7 Å². The summed E-state index contributed by atoms with van der Waals surface area (Å²) in [6.45, 7) is 2.38. The fourth-order valence-electron chi connectivity index (χ4n) is 7.74. The van der Waals surface area contributed by atoms with Crippen molar-refractivity contribution in [1.82, 2.24) is 0 Å². The number of ketones is 1. The Bertz CT molecular complexity index is 524. The van der Waals surface area contributed by atoms with Gasteiger partial charge in [0.25, 0.3) is 0 Å². The van der Waals surface area contributed by atoms with Crippen LogP contribution in [-0.2, 0) is 4.79 Å². The maximum absolute atomic E-state index is 13.2. The van der Waals surface area contributed by atoms with Gasteiger partial charge in [0.05, 0.1) is 5.33 Å². The van der Waals surface area contributed by atoms with Crippen LogP contribution in [0.4, 0.5) is 8.78 Å².